The topological polar surface area (TPSA) is 53.0 Å². The second-order valence-corrected chi connectivity index (χ2v) is 8.96. The number of carbonyl (C=O) groups excluding carboxylic acids is 1. The minimum Gasteiger partial charge on any atom is -0.508 e. The lowest BCUT2D eigenvalue weighted by Gasteiger charge is -2.58. The van der Waals surface area contributed by atoms with Gasteiger partial charge in [-0.05, 0) is 49.1 Å². The molecular formula is C21H22N2O3. The maximum atomic E-state index is 13.2. The number of piperidine rings is 2. The average molecular weight is 350 g/mol. The first kappa shape index (κ1) is 14.2. The second kappa shape index (κ2) is 4.34. The summed E-state index contributed by atoms with van der Waals surface area (Å²) in [6.45, 7) is 2.78. The normalized spacial score (nSPS) is 44.6. The Labute approximate surface area is 152 Å². The molecule has 3 saturated heterocycles. The molecule has 5 heterocycles. The fourth-order valence-corrected chi connectivity index (χ4v) is 7.54. The maximum absolute atomic E-state index is 13.2. The number of benzene rings is 1. The smallest absolute Gasteiger partial charge is 0.229 e. The van der Waals surface area contributed by atoms with Crippen LogP contribution in [0.2, 0.25) is 0 Å². The van der Waals surface area contributed by atoms with Crippen molar-refractivity contribution in [2.75, 3.05) is 24.6 Å². The van der Waals surface area contributed by atoms with Gasteiger partial charge in [-0.3, -0.25) is 9.69 Å². The molecule has 5 aliphatic heterocycles. The third-order valence-corrected chi connectivity index (χ3v) is 8.29. The van der Waals surface area contributed by atoms with Gasteiger partial charge in [-0.2, -0.15) is 0 Å². The molecule has 5 heteroatoms. The SMILES string of the molecule is O=C1CC2OCC=C3CN4CCC56c7cc(O)ccc7N1C5C2C3CC46. The number of carbonyl (C=O) groups is 1. The Morgan fingerprint density at radius 1 is 1.31 bits per heavy atom. The highest BCUT2D eigenvalue weighted by Gasteiger charge is 2.71. The van der Waals surface area contributed by atoms with Crippen molar-refractivity contribution in [2.45, 2.75) is 42.9 Å². The number of phenols is 1. The van der Waals surface area contributed by atoms with Crippen molar-refractivity contribution >= 4 is 11.6 Å². The van der Waals surface area contributed by atoms with Gasteiger partial charge in [0, 0.05) is 29.6 Å². The number of ether oxygens (including phenoxy) is 1. The summed E-state index contributed by atoms with van der Waals surface area (Å²) >= 11 is 0. The maximum Gasteiger partial charge on any atom is 0.229 e. The number of aromatic hydroxyl groups is 1. The van der Waals surface area contributed by atoms with Gasteiger partial charge in [0.25, 0.3) is 0 Å². The first-order chi connectivity index (χ1) is 12.7. The molecule has 0 radical (unpaired) electrons. The highest BCUT2D eigenvalue weighted by molar-refractivity contribution is 5.99. The van der Waals surface area contributed by atoms with Gasteiger partial charge in [-0.15, -0.1) is 0 Å². The van der Waals surface area contributed by atoms with Crippen molar-refractivity contribution in [1.82, 2.24) is 4.90 Å². The number of fused-ring (bicyclic) bond motifs is 2. The van der Waals surface area contributed by atoms with Crippen LogP contribution in [0.3, 0.4) is 0 Å². The lowest BCUT2D eigenvalue weighted by atomic mass is 9.53. The van der Waals surface area contributed by atoms with Gasteiger partial charge in [-0.1, -0.05) is 11.6 Å². The summed E-state index contributed by atoms with van der Waals surface area (Å²) in [7, 11) is 0. The monoisotopic (exact) mass is 350 g/mol. The lowest BCUT2D eigenvalue weighted by molar-refractivity contribution is -0.132. The first-order valence-corrected chi connectivity index (χ1v) is 9.88. The zero-order valence-corrected chi connectivity index (χ0v) is 14.6. The molecular weight excluding hydrogens is 328 g/mol. The Kier molecular flexibility index (Phi) is 2.38. The molecule has 6 unspecified atom stereocenters. The van der Waals surface area contributed by atoms with E-state index in [0.717, 1.165) is 25.2 Å². The summed E-state index contributed by atoms with van der Waals surface area (Å²) in [5, 5.41) is 10.2. The van der Waals surface area contributed by atoms with E-state index in [2.05, 4.69) is 15.9 Å². The molecule has 5 nitrogen and oxygen atoms in total. The predicted octanol–water partition coefficient (Wildman–Crippen LogP) is 1.80. The molecule has 1 aromatic rings. The van der Waals surface area contributed by atoms with Crippen LogP contribution in [0.15, 0.2) is 29.8 Å². The van der Waals surface area contributed by atoms with Gasteiger partial charge in [0.15, 0.2) is 0 Å². The molecule has 4 fully saturated rings. The number of anilines is 1. The highest BCUT2D eigenvalue weighted by atomic mass is 16.5. The van der Waals surface area contributed by atoms with E-state index in [1.54, 1.807) is 6.07 Å². The standard InChI is InChI=1S/C21H22N2O3/c24-12-1-2-15-14(7-12)21-4-5-22-10-11-3-6-26-16-9-18(25)23(15)20(21)19(16)13(11)8-17(21)22/h1-3,7,13,16-17,19-20,24H,4-6,8-10H2. The molecule has 6 atom stereocenters. The van der Waals surface area contributed by atoms with E-state index < -0.39 is 0 Å². The van der Waals surface area contributed by atoms with Crippen LogP contribution in [0, 0.1) is 11.8 Å². The zero-order valence-electron chi connectivity index (χ0n) is 14.6. The fourth-order valence-electron chi connectivity index (χ4n) is 7.54. The average Bonchev–Trinajstić information content (AvgIpc) is 3.09. The molecule has 26 heavy (non-hydrogen) atoms. The fraction of sp³-hybridized carbons (Fsp3) is 0.571. The van der Waals surface area contributed by atoms with Crippen LogP contribution in [0.1, 0.15) is 24.8 Å². The van der Waals surface area contributed by atoms with Gasteiger partial charge < -0.3 is 14.7 Å². The minimum atomic E-state index is -0.0389. The molecule has 1 aromatic carbocycles. The first-order valence-electron chi connectivity index (χ1n) is 9.88. The summed E-state index contributed by atoms with van der Waals surface area (Å²) in [5.74, 6) is 1.43. The van der Waals surface area contributed by atoms with Gasteiger partial charge in [0.05, 0.1) is 25.2 Å². The zero-order chi connectivity index (χ0) is 17.2. The highest BCUT2D eigenvalue weighted by Crippen LogP contribution is 2.65. The molecule has 7 rings (SSSR count). The number of nitrogens with zero attached hydrogens (tertiary/aromatic N) is 2. The molecule has 6 aliphatic rings. The Balaban J connectivity index is 1.55. The van der Waals surface area contributed by atoms with Gasteiger partial charge in [0.1, 0.15) is 5.75 Å². The molecule has 1 amide bonds. The van der Waals surface area contributed by atoms with E-state index in [0.29, 0.717) is 36.7 Å². The molecule has 0 aromatic heterocycles. The molecule has 1 N–H and O–H groups in total. The van der Waals surface area contributed by atoms with Gasteiger partial charge in [0.2, 0.25) is 5.91 Å². The molecule has 1 saturated carbocycles. The second-order valence-electron chi connectivity index (χ2n) is 8.96. The Hall–Kier alpha value is -1.85. The van der Waals surface area contributed by atoms with Crippen molar-refractivity contribution in [3.8, 4) is 5.75 Å². The number of rotatable bonds is 0. The number of hydrogen-bond donors (Lipinski definition) is 1. The van der Waals surface area contributed by atoms with Gasteiger partial charge in [-0.25, -0.2) is 0 Å². The van der Waals surface area contributed by atoms with Crippen LogP contribution < -0.4 is 4.90 Å². The molecule has 134 valence electrons. The van der Waals surface area contributed by atoms with E-state index in [4.69, 9.17) is 4.74 Å². The quantitative estimate of drug-likeness (QED) is 0.725. The summed E-state index contributed by atoms with van der Waals surface area (Å²) in [6.07, 6.45) is 5.07. The van der Waals surface area contributed by atoms with Crippen molar-refractivity contribution in [3.63, 3.8) is 0 Å². The third kappa shape index (κ3) is 1.37. The minimum absolute atomic E-state index is 0.0374. The summed E-state index contributed by atoms with van der Waals surface area (Å²) in [4.78, 5) is 17.9. The summed E-state index contributed by atoms with van der Waals surface area (Å²) in [5.41, 5.74) is 3.75. The van der Waals surface area contributed by atoms with Crippen molar-refractivity contribution in [3.05, 3.63) is 35.4 Å². The van der Waals surface area contributed by atoms with Crippen LogP contribution in [0.4, 0.5) is 5.69 Å². The lowest BCUT2D eigenvalue weighted by Crippen LogP contribution is -2.69. The van der Waals surface area contributed by atoms with Crippen molar-refractivity contribution in [1.29, 1.82) is 0 Å². The van der Waals surface area contributed by atoms with E-state index in [1.807, 2.05) is 12.1 Å². The molecule has 2 bridgehead atoms. The Bertz CT molecular complexity index is 895. The predicted molar refractivity (Wildman–Crippen MR) is 95.1 cm³/mol. The number of phenolic OH excluding ortho intramolecular Hbond substituents is 1. The van der Waals surface area contributed by atoms with E-state index in [9.17, 15) is 9.90 Å². The third-order valence-electron chi connectivity index (χ3n) is 8.29. The van der Waals surface area contributed by atoms with Gasteiger partial charge >= 0.3 is 0 Å². The number of amides is 1. The number of hydrogen-bond acceptors (Lipinski definition) is 4. The van der Waals surface area contributed by atoms with E-state index in [1.165, 1.54) is 17.6 Å². The van der Waals surface area contributed by atoms with E-state index in [-0.39, 0.29) is 23.5 Å². The summed E-state index contributed by atoms with van der Waals surface area (Å²) < 4.78 is 6.22. The van der Waals surface area contributed by atoms with Crippen LogP contribution in [0.5, 0.6) is 5.75 Å². The van der Waals surface area contributed by atoms with Crippen LogP contribution >= 0.6 is 0 Å². The molecule has 1 spiro atoms. The van der Waals surface area contributed by atoms with E-state index >= 15 is 0 Å². The van der Waals surface area contributed by atoms with Crippen LogP contribution in [-0.2, 0) is 14.9 Å². The van der Waals surface area contributed by atoms with Crippen molar-refractivity contribution in [2.24, 2.45) is 11.8 Å². The molecule has 1 aliphatic carbocycles. The Morgan fingerprint density at radius 3 is 3.15 bits per heavy atom. The van der Waals surface area contributed by atoms with Crippen LogP contribution in [0.25, 0.3) is 0 Å². The van der Waals surface area contributed by atoms with Crippen molar-refractivity contribution < 1.29 is 14.6 Å². The van der Waals surface area contributed by atoms with Crippen LogP contribution in [-0.4, -0.2) is 53.8 Å². The summed E-state index contributed by atoms with van der Waals surface area (Å²) in [6, 6.07) is 6.31. The Morgan fingerprint density at radius 2 is 2.23 bits per heavy atom. The largest absolute Gasteiger partial charge is 0.508 e.